The second-order valence-electron chi connectivity index (χ2n) is 4.10. The van der Waals surface area contributed by atoms with Crippen LogP contribution in [0.4, 0.5) is 5.69 Å². The molecule has 4 nitrogen and oxygen atoms in total. The molecule has 0 saturated heterocycles. The second-order valence-corrected chi connectivity index (χ2v) is 4.53. The average molecular weight is 280 g/mol. The summed E-state index contributed by atoms with van der Waals surface area (Å²) in [6, 6.07) is 5.58. The van der Waals surface area contributed by atoms with Crippen molar-refractivity contribution in [3.05, 3.63) is 41.4 Å². The predicted octanol–water partition coefficient (Wildman–Crippen LogP) is 3.57. The van der Waals surface area contributed by atoms with E-state index >= 15 is 0 Å². The van der Waals surface area contributed by atoms with Gasteiger partial charge in [0.05, 0.1) is 30.9 Å². The Hall–Kier alpha value is -1.68. The number of halogens is 1. The topological polar surface area (TPSA) is 39.1 Å². The summed E-state index contributed by atoms with van der Waals surface area (Å²) < 4.78 is 7.67. The third kappa shape index (κ3) is 3.41. The van der Waals surface area contributed by atoms with Crippen molar-refractivity contribution in [2.45, 2.75) is 26.9 Å². The van der Waals surface area contributed by atoms with Gasteiger partial charge in [-0.3, -0.25) is 0 Å². The molecule has 2 rings (SSSR count). The summed E-state index contributed by atoms with van der Waals surface area (Å²) in [4.78, 5) is 4.15. The molecule has 0 spiro atoms. The van der Waals surface area contributed by atoms with Crippen molar-refractivity contribution in [3.63, 3.8) is 0 Å². The van der Waals surface area contributed by atoms with Crippen LogP contribution in [0.3, 0.4) is 0 Å². The molecule has 1 heterocycles. The lowest BCUT2D eigenvalue weighted by Crippen LogP contribution is -2.07. The molecule has 1 N–H and O–H groups in total. The van der Waals surface area contributed by atoms with Gasteiger partial charge in [-0.2, -0.15) is 0 Å². The number of imidazole rings is 1. The summed E-state index contributed by atoms with van der Waals surface area (Å²) in [7, 11) is 0. The van der Waals surface area contributed by atoms with Gasteiger partial charge in [-0.25, -0.2) is 4.98 Å². The quantitative estimate of drug-likeness (QED) is 0.879. The van der Waals surface area contributed by atoms with Gasteiger partial charge in [0.25, 0.3) is 0 Å². The molecular weight excluding hydrogens is 262 g/mol. The molecule has 0 fully saturated rings. The van der Waals surface area contributed by atoms with Gasteiger partial charge in [-0.1, -0.05) is 11.6 Å². The van der Waals surface area contributed by atoms with Crippen LogP contribution in [0.5, 0.6) is 5.75 Å². The van der Waals surface area contributed by atoms with Gasteiger partial charge in [0.15, 0.2) is 0 Å². The van der Waals surface area contributed by atoms with Crippen LogP contribution in [0.1, 0.15) is 19.5 Å². The number of nitrogens with zero attached hydrogens (tertiary/aromatic N) is 2. The fraction of sp³-hybridized carbons (Fsp3) is 0.357. The Morgan fingerprint density at radius 1 is 1.37 bits per heavy atom. The van der Waals surface area contributed by atoms with Gasteiger partial charge in [-0.05, 0) is 32.0 Å². The number of hydrogen-bond acceptors (Lipinski definition) is 3. The number of aromatic nitrogens is 2. The van der Waals surface area contributed by atoms with Gasteiger partial charge >= 0.3 is 0 Å². The Labute approximate surface area is 118 Å². The molecule has 0 atom stereocenters. The van der Waals surface area contributed by atoms with Crippen LogP contribution in [-0.4, -0.2) is 16.2 Å². The second kappa shape index (κ2) is 6.48. The number of aryl methyl sites for hydroxylation is 1. The number of hydrogen-bond donors (Lipinski definition) is 1. The highest BCUT2D eigenvalue weighted by Crippen LogP contribution is 2.28. The lowest BCUT2D eigenvalue weighted by atomic mass is 10.3. The first-order valence-electron chi connectivity index (χ1n) is 6.39. The third-order valence-corrected chi connectivity index (χ3v) is 3.08. The maximum atomic E-state index is 6.02. The van der Waals surface area contributed by atoms with E-state index in [0.717, 1.165) is 23.7 Å². The summed E-state index contributed by atoms with van der Waals surface area (Å²) in [5.41, 5.74) is 2.03. The summed E-state index contributed by atoms with van der Waals surface area (Å²) in [5.74, 6) is 0.814. The first-order valence-corrected chi connectivity index (χ1v) is 6.77. The lowest BCUT2D eigenvalue weighted by Gasteiger charge is -2.13. The minimum Gasteiger partial charge on any atom is -0.492 e. The van der Waals surface area contributed by atoms with E-state index in [4.69, 9.17) is 16.3 Å². The largest absolute Gasteiger partial charge is 0.492 e. The minimum absolute atomic E-state index is 0.628. The summed E-state index contributed by atoms with van der Waals surface area (Å²) in [6.07, 6.45) is 3.69. The summed E-state index contributed by atoms with van der Waals surface area (Å²) >= 11 is 6.02. The molecule has 102 valence electrons. The first-order chi connectivity index (χ1) is 9.24. The fourth-order valence-electron chi connectivity index (χ4n) is 1.89. The summed E-state index contributed by atoms with van der Waals surface area (Å²) in [5, 5.41) is 4.04. The van der Waals surface area contributed by atoms with E-state index < -0.39 is 0 Å². The van der Waals surface area contributed by atoms with Crippen molar-refractivity contribution < 1.29 is 4.74 Å². The molecule has 1 aromatic carbocycles. The molecule has 0 aliphatic carbocycles. The molecule has 0 aliphatic heterocycles. The number of nitrogens with one attached hydrogen (secondary N) is 1. The Kier molecular flexibility index (Phi) is 4.68. The van der Waals surface area contributed by atoms with Crippen LogP contribution in [0.15, 0.2) is 30.7 Å². The molecule has 0 unspecified atom stereocenters. The smallest absolute Gasteiger partial charge is 0.142 e. The number of ether oxygens (including phenoxy) is 1. The minimum atomic E-state index is 0.628. The van der Waals surface area contributed by atoms with Gasteiger partial charge < -0.3 is 14.6 Å². The van der Waals surface area contributed by atoms with E-state index in [2.05, 4.69) is 21.8 Å². The summed E-state index contributed by atoms with van der Waals surface area (Å²) in [6.45, 7) is 6.28. The van der Waals surface area contributed by atoms with E-state index in [-0.39, 0.29) is 0 Å². The average Bonchev–Trinajstić information content (AvgIpc) is 2.86. The van der Waals surface area contributed by atoms with Crippen LogP contribution in [0.25, 0.3) is 0 Å². The van der Waals surface area contributed by atoms with Crippen LogP contribution < -0.4 is 10.1 Å². The molecule has 0 radical (unpaired) electrons. The zero-order valence-electron chi connectivity index (χ0n) is 11.2. The SMILES string of the molecule is CCOc1ccc(Cl)cc1NCc1cncn1CC. The Balaban J connectivity index is 2.12. The van der Waals surface area contributed by atoms with E-state index in [1.54, 1.807) is 0 Å². The highest BCUT2D eigenvalue weighted by molar-refractivity contribution is 6.30. The molecule has 0 saturated carbocycles. The Morgan fingerprint density at radius 3 is 2.95 bits per heavy atom. The van der Waals surface area contributed by atoms with Crippen molar-refractivity contribution >= 4 is 17.3 Å². The molecule has 5 heteroatoms. The van der Waals surface area contributed by atoms with Gasteiger partial charge in [-0.15, -0.1) is 0 Å². The molecule has 1 aromatic heterocycles. The van der Waals surface area contributed by atoms with Crippen LogP contribution in [-0.2, 0) is 13.1 Å². The van der Waals surface area contributed by atoms with E-state index in [1.165, 1.54) is 0 Å². The van der Waals surface area contributed by atoms with Crippen molar-refractivity contribution in [1.29, 1.82) is 0 Å². The molecule has 0 amide bonds. The predicted molar refractivity (Wildman–Crippen MR) is 77.8 cm³/mol. The lowest BCUT2D eigenvalue weighted by molar-refractivity contribution is 0.341. The number of anilines is 1. The molecule has 0 bridgehead atoms. The zero-order valence-corrected chi connectivity index (χ0v) is 11.9. The van der Waals surface area contributed by atoms with Gasteiger partial charge in [0.1, 0.15) is 5.75 Å². The van der Waals surface area contributed by atoms with Crippen molar-refractivity contribution in [3.8, 4) is 5.75 Å². The van der Waals surface area contributed by atoms with E-state index in [9.17, 15) is 0 Å². The first kappa shape index (κ1) is 13.7. The Morgan fingerprint density at radius 2 is 2.21 bits per heavy atom. The maximum Gasteiger partial charge on any atom is 0.142 e. The molecular formula is C14H18ClN3O. The maximum absolute atomic E-state index is 6.02. The van der Waals surface area contributed by atoms with Gasteiger partial charge in [0, 0.05) is 17.8 Å². The molecule has 2 aromatic rings. The number of benzene rings is 1. The fourth-order valence-corrected chi connectivity index (χ4v) is 2.06. The van der Waals surface area contributed by atoms with Crippen LogP contribution in [0.2, 0.25) is 5.02 Å². The highest BCUT2D eigenvalue weighted by atomic mass is 35.5. The molecule has 19 heavy (non-hydrogen) atoms. The van der Waals surface area contributed by atoms with Crippen molar-refractivity contribution in [2.24, 2.45) is 0 Å². The molecule has 0 aliphatic rings. The Bertz CT molecular complexity index is 539. The van der Waals surface area contributed by atoms with Crippen molar-refractivity contribution in [2.75, 3.05) is 11.9 Å². The van der Waals surface area contributed by atoms with Crippen LogP contribution >= 0.6 is 11.6 Å². The number of rotatable bonds is 6. The highest BCUT2D eigenvalue weighted by Gasteiger charge is 2.06. The van der Waals surface area contributed by atoms with Crippen molar-refractivity contribution in [1.82, 2.24) is 9.55 Å². The van der Waals surface area contributed by atoms with E-state index in [1.807, 2.05) is 37.6 Å². The van der Waals surface area contributed by atoms with E-state index in [0.29, 0.717) is 18.2 Å². The standard InChI is InChI=1S/C14H18ClN3O/c1-3-18-10-16-8-12(18)9-17-13-7-11(15)5-6-14(13)19-4-2/h5-8,10,17H,3-4,9H2,1-2H3. The van der Waals surface area contributed by atoms with Crippen LogP contribution in [0, 0.1) is 0 Å². The van der Waals surface area contributed by atoms with Gasteiger partial charge in [0.2, 0.25) is 0 Å². The monoisotopic (exact) mass is 279 g/mol. The zero-order chi connectivity index (χ0) is 13.7. The third-order valence-electron chi connectivity index (χ3n) is 2.84. The normalized spacial score (nSPS) is 10.5.